The predicted octanol–water partition coefficient (Wildman–Crippen LogP) is 12.5. The molecule has 5 heteroatoms. The van der Waals surface area contributed by atoms with Crippen LogP contribution < -0.4 is 0 Å². The Hall–Kier alpha value is -6.43. The van der Waals surface area contributed by atoms with Crippen molar-refractivity contribution in [2.45, 2.75) is 0 Å². The van der Waals surface area contributed by atoms with E-state index in [1.165, 1.54) is 20.2 Å². The summed E-state index contributed by atoms with van der Waals surface area (Å²) in [7, 11) is 0. The molecule has 0 aliphatic rings. The van der Waals surface area contributed by atoms with E-state index in [1.54, 1.807) is 0 Å². The van der Waals surface area contributed by atoms with E-state index in [9.17, 15) is 0 Å². The van der Waals surface area contributed by atoms with Gasteiger partial charge in [0.1, 0.15) is 11.2 Å². The van der Waals surface area contributed by atoms with Gasteiger partial charge in [-0.25, -0.2) is 15.0 Å². The maximum Gasteiger partial charge on any atom is 0.164 e. The summed E-state index contributed by atoms with van der Waals surface area (Å²) in [5.41, 5.74) is 8.87. The minimum absolute atomic E-state index is 0.615. The van der Waals surface area contributed by atoms with E-state index < -0.39 is 0 Å². The number of thiophene rings is 1. The van der Waals surface area contributed by atoms with Crippen LogP contribution in [0.4, 0.5) is 0 Å². The topological polar surface area (TPSA) is 51.8 Å². The molecule has 0 amide bonds. The fraction of sp³-hybridized carbons (Fsp3) is 0. The molecule has 0 saturated heterocycles. The second kappa shape index (κ2) is 11.6. The van der Waals surface area contributed by atoms with Crippen LogP contribution in [0.3, 0.4) is 0 Å². The third-order valence-corrected chi connectivity index (χ3v) is 10.5. The molecule has 3 aromatic heterocycles. The van der Waals surface area contributed by atoms with Crippen molar-refractivity contribution < 1.29 is 4.42 Å². The van der Waals surface area contributed by atoms with Gasteiger partial charge in [-0.3, -0.25) is 0 Å². The van der Waals surface area contributed by atoms with Crippen LogP contribution in [0.1, 0.15) is 0 Å². The lowest BCUT2D eigenvalue weighted by atomic mass is 9.91. The molecule has 50 heavy (non-hydrogen) atoms. The molecule has 0 spiro atoms. The fourth-order valence-corrected chi connectivity index (χ4v) is 8.12. The molecule has 0 N–H and O–H groups in total. The normalized spacial score (nSPS) is 11.6. The van der Waals surface area contributed by atoms with E-state index in [1.807, 2.05) is 90.2 Å². The molecular formula is C45H27N3OS. The number of fused-ring (bicyclic) bond motifs is 6. The molecule has 0 saturated carbocycles. The molecule has 0 bridgehead atoms. The molecular weight excluding hydrogens is 631 g/mol. The highest BCUT2D eigenvalue weighted by molar-refractivity contribution is 7.25. The van der Waals surface area contributed by atoms with Crippen molar-refractivity contribution in [3.05, 3.63) is 164 Å². The van der Waals surface area contributed by atoms with Crippen LogP contribution in [0.25, 0.3) is 98.5 Å². The number of hydrogen-bond acceptors (Lipinski definition) is 5. The van der Waals surface area contributed by atoms with Crippen LogP contribution in [0.15, 0.2) is 168 Å². The van der Waals surface area contributed by atoms with Gasteiger partial charge in [-0.05, 0) is 58.7 Å². The standard InChI is InChI=1S/C45H27N3OS/c1-3-12-28(13-4-1)43-46-44(29-14-5-2-6-15-29)48-45(47-43)35-25-23-30(31-22-24-33-32-16-8-10-21-40(32)50-41(33)27-31)26-37(35)34-18-11-20-39-42(34)36-17-7-9-19-38(36)49-39/h1-27H. The first-order valence-electron chi connectivity index (χ1n) is 16.6. The molecule has 0 aliphatic carbocycles. The van der Waals surface area contributed by atoms with Crippen LogP contribution in [0.5, 0.6) is 0 Å². The average molecular weight is 658 g/mol. The minimum atomic E-state index is 0.615. The highest BCUT2D eigenvalue weighted by Crippen LogP contribution is 2.43. The first kappa shape index (κ1) is 28.6. The van der Waals surface area contributed by atoms with Crippen molar-refractivity contribution in [3.63, 3.8) is 0 Å². The Morgan fingerprint density at radius 1 is 0.360 bits per heavy atom. The molecule has 3 heterocycles. The Morgan fingerprint density at radius 3 is 1.74 bits per heavy atom. The quantitative estimate of drug-likeness (QED) is 0.185. The van der Waals surface area contributed by atoms with Gasteiger partial charge in [0.25, 0.3) is 0 Å². The van der Waals surface area contributed by atoms with Crippen molar-refractivity contribution >= 4 is 53.4 Å². The molecule has 0 unspecified atom stereocenters. The lowest BCUT2D eigenvalue weighted by Gasteiger charge is -2.15. The molecule has 234 valence electrons. The van der Waals surface area contributed by atoms with E-state index in [0.717, 1.165) is 60.9 Å². The lowest BCUT2D eigenvalue weighted by molar-refractivity contribution is 0.669. The van der Waals surface area contributed by atoms with Crippen molar-refractivity contribution in [3.8, 4) is 56.4 Å². The van der Waals surface area contributed by atoms with Crippen LogP contribution in [-0.2, 0) is 0 Å². The number of hydrogen-bond donors (Lipinski definition) is 0. The van der Waals surface area contributed by atoms with Crippen molar-refractivity contribution in [1.82, 2.24) is 15.0 Å². The summed E-state index contributed by atoms with van der Waals surface area (Å²) < 4.78 is 8.94. The molecule has 0 fully saturated rings. The van der Waals surface area contributed by atoms with Crippen LogP contribution >= 0.6 is 11.3 Å². The summed E-state index contributed by atoms with van der Waals surface area (Å²) >= 11 is 1.84. The van der Waals surface area contributed by atoms with E-state index in [-0.39, 0.29) is 0 Å². The SMILES string of the molecule is c1ccc(-c2nc(-c3ccccc3)nc(-c3ccc(-c4ccc5c(c4)sc4ccccc45)cc3-c3cccc4oc5ccccc5c34)n2)cc1. The van der Waals surface area contributed by atoms with Gasteiger partial charge in [0, 0.05) is 47.6 Å². The maximum absolute atomic E-state index is 6.37. The number of para-hydroxylation sites is 1. The van der Waals surface area contributed by atoms with E-state index in [0.29, 0.717) is 17.5 Å². The Bertz CT molecular complexity index is 2820. The fourth-order valence-electron chi connectivity index (χ4n) is 6.98. The summed E-state index contributed by atoms with van der Waals surface area (Å²) in [6, 6.07) is 56.8. The molecule has 10 aromatic rings. The van der Waals surface area contributed by atoms with Crippen molar-refractivity contribution in [1.29, 1.82) is 0 Å². The van der Waals surface area contributed by atoms with Gasteiger partial charge in [-0.1, -0.05) is 127 Å². The molecule has 0 aliphatic heterocycles. The highest BCUT2D eigenvalue weighted by Gasteiger charge is 2.20. The van der Waals surface area contributed by atoms with Gasteiger partial charge < -0.3 is 4.42 Å². The maximum atomic E-state index is 6.37. The number of rotatable bonds is 5. The van der Waals surface area contributed by atoms with Gasteiger partial charge in [0.2, 0.25) is 0 Å². The van der Waals surface area contributed by atoms with E-state index in [2.05, 4.69) is 84.9 Å². The van der Waals surface area contributed by atoms with Gasteiger partial charge in [0.05, 0.1) is 0 Å². The predicted molar refractivity (Wildman–Crippen MR) is 207 cm³/mol. The van der Waals surface area contributed by atoms with Crippen LogP contribution in [0, 0.1) is 0 Å². The van der Waals surface area contributed by atoms with E-state index >= 15 is 0 Å². The van der Waals surface area contributed by atoms with Gasteiger partial charge >= 0.3 is 0 Å². The van der Waals surface area contributed by atoms with Crippen LogP contribution in [0.2, 0.25) is 0 Å². The highest BCUT2D eigenvalue weighted by atomic mass is 32.1. The third-order valence-electron chi connectivity index (χ3n) is 9.36. The summed E-state index contributed by atoms with van der Waals surface area (Å²) in [6.45, 7) is 0. The summed E-state index contributed by atoms with van der Waals surface area (Å²) in [6.07, 6.45) is 0. The monoisotopic (exact) mass is 657 g/mol. The lowest BCUT2D eigenvalue weighted by Crippen LogP contribution is -2.01. The molecule has 4 nitrogen and oxygen atoms in total. The zero-order chi connectivity index (χ0) is 33.0. The summed E-state index contributed by atoms with van der Waals surface area (Å²) in [5.74, 6) is 1.88. The minimum Gasteiger partial charge on any atom is -0.456 e. The third kappa shape index (κ3) is 4.79. The summed E-state index contributed by atoms with van der Waals surface area (Å²) in [5, 5.41) is 4.73. The molecule has 0 atom stereocenters. The molecule has 10 rings (SSSR count). The molecule has 7 aromatic carbocycles. The van der Waals surface area contributed by atoms with E-state index in [4.69, 9.17) is 19.4 Å². The Balaban J connectivity index is 1.24. The number of aromatic nitrogens is 3. The second-order valence-corrected chi connectivity index (χ2v) is 13.5. The molecule has 0 radical (unpaired) electrons. The average Bonchev–Trinajstić information content (AvgIpc) is 3.76. The van der Waals surface area contributed by atoms with Gasteiger partial charge in [0.15, 0.2) is 17.5 Å². The van der Waals surface area contributed by atoms with Crippen LogP contribution in [-0.4, -0.2) is 15.0 Å². The second-order valence-electron chi connectivity index (χ2n) is 12.4. The van der Waals surface area contributed by atoms with Crippen molar-refractivity contribution in [2.24, 2.45) is 0 Å². The summed E-state index contributed by atoms with van der Waals surface area (Å²) in [4.78, 5) is 15.2. The first-order chi connectivity index (χ1) is 24.8. The number of nitrogens with zero attached hydrogens (tertiary/aromatic N) is 3. The zero-order valence-electron chi connectivity index (χ0n) is 26.7. The Morgan fingerprint density at radius 2 is 0.960 bits per heavy atom. The Labute approximate surface area is 292 Å². The first-order valence-corrected chi connectivity index (χ1v) is 17.4. The zero-order valence-corrected chi connectivity index (χ0v) is 27.6. The van der Waals surface area contributed by atoms with Gasteiger partial charge in [-0.15, -0.1) is 11.3 Å². The van der Waals surface area contributed by atoms with Gasteiger partial charge in [-0.2, -0.15) is 0 Å². The van der Waals surface area contributed by atoms with Crippen molar-refractivity contribution in [2.75, 3.05) is 0 Å². The largest absolute Gasteiger partial charge is 0.456 e. The smallest absolute Gasteiger partial charge is 0.164 e. The Kier molecular flexibility index (Phi) is 6.64. The number of furan rings is 1. The number of benzene rings is 7.